The summed E-state index contributed by atoms with van der Waals surface area (Å²) in [6.07, 6.45) is 1.39. The van der Waals surface area contributed by atoms with E-state index in [0.717, 1.165) is 13.0 Å². The largest absolute Gasteiger partial charge is 0.361 e. The Hall–Kier alpha value is -0.860. The van der Waals surface area contributed by atoms with Crippen molar-refractivity contribution in [3.8, 4) is 0 Å². The van der Waals surface area contributed by atoms with Crippen LogP contribution in [0, 0.1) is 13.8 Å². The van der Waals surface area contributed by atoms with Gasteiger partial charge in [0.05, 0.1) is 12.8 Å². The monoisotopic (exact) mass is 191 g/mol. The molecule has 2 rings (SSSR count). The topological polar surface area (TPSA) is 21.3 Å². The lowest BCUT2D eigenvalue weighted by Crippen LogP contribution is -2.17. The summed E-state index contributed by atoms with van der Waals surface area (Å²) in [5.74, 6) is 0. The average Bonchev–Trinajstić information content (AvgIpc) is 2.64. The number of aryl methyl sites for hydroxylation is 2. The molecule has 0 spiro atoms. The quantitative estimate of drug-likeness (QED) is 0.769. The zero-order valence-electron chi connectivity index (χ0n) is 8.84. The zero-order chi connectivity index (χ0) is 9.97. The molecule has 14 heavy (non-hydrogen) atoms. The summed E-state index contributed by atoms with van der Waals surface area (Å²) in [5.41, 5.74) is 4.20. The first-order valence-corrected chi connectivity index (χ1v) is 5.15. The number of benzene rings is 1. The molecular weight excluding hydrogens is 174 g/mol. The summed E-state index contributed by atoms with van der Waals surface area (Å²) in [7, 11) is 0. The summed E-state index contributed by atoms with van der Waals surface area (Å²) in [6.45, 7) is 6.03. The van der Waals surface area contributed by atoms with Gasteiger partial charge >= 0.3 is 0 Å². The van der Waals surface area contributed by atoms with E-state index in [1.54, 1.807) is 0 Å². The molecule has 1 aliphatic rings. The van der Waals surface area contributed by atoms with Crippen molar-refractivity contribution in [3.05, 3.63) is 34.9 Å². The molecule has 1 saturated heterocycles. The van der Waals surface area contributed by atoms with E-state index in [9.17, 15) is 0 Å². The maximum absolute atomic E-state index is 5.56. The zero-order valence-corrected chi connectivity index (χ0v) is 8.84. The van der Waals surface area contributed by atoms with Gasteiger partial charge in [0.15, 0.2) is 0 Å². The average molecular weight is 191 g/mol. The molecule has 0 bridgehead atoms. The second-order valence-electron chi connectivity index (χ2n) is 3.96. The van der Waals surface area contributed by atoms with Crippen molar-refractivity contribution in [1.29, 1.82) is 0 Å². The van der Waals surface area contributed by atoms with Gasteiger partial charge in [-0.1, -0.05) is 18.2 Å². The molecule has 1 heterocycles. The first-order chi connectivity index (χ1) is 6.77. The summed E-state index contributed by atoms with van der Waals surface area (Å²) < 4.78 is 5.56. The highest BCUT2D eigenvalue weighted by molar-refractivity contribution is 5.34. The van der Waals surface area contributed by atoms with Crippen molar-refractivity contribution in [2.45, 2.75) is 26.4 Å². The first kappa shape index (κ1) is 9.69. The van der Waals surface area contributed by atoms with Gasteiger partial charge in [-0.05, 0) is 30.5 Å². The van der Waals surface area contributed by atoms with E-state index in [4.69, 9.17) is 4.74 Å². The van der Waals surface area contributed by atoms with Gasteiger partial charge in [-0.25, -0.2) is 0 Å². The van der Waals surface area contributed by atoms with Crippen LogP contribution in [0.15, 0.2) is 18.2 Å². The standard InChI is InChI=1S/C12H17NO/c1-9-4-3-5-10(2)12(9)6-11-7-13-8-14-11/h3-5,11,13H,6-8H2,1-2H3. The number of rotatable bonds is 2. The van der Waals surface area contributed by atoms with Crippen molar-refractivity contribution < 1.29 is 4.74 Å². The molecule has 1 aromatic carbocycles. The van der Waals surface area contributed by atoms with Gasteiger partial charge in [-0.2, -0.15) is 0 Å². The lowest BCUT2D eigenvalue weighted by Gasteiger charge is -2.13. The Morgan fingerprint density at radius 3 is 2.64 bits per heavy atom. The Morgan fingerprint density at radius 2 is 2.07 bits per heavy atom. The SMILES string of the molecule is Cc1cccc(C)c1CC1CNCO1. The molecule has 0 aromatic heterocycles. The van der Waals surface area contributed by atoms with E-state index in [0.29, 0.717) is 12.8 Å². The smallest absolute Gasteiger partial charge is 0.0970 e. The Bertz CT molecular complexity index is 296. The minimum atomic E-state index is 0.356. The predicted molar refractivity (Wildman–Crippen MR) is 57.4 cm³/mol. The molecule has 1 N–H and O–H groups in total. The number of hydrogen-bond donors (Lipinski definition) is 1. The number of hydrogen-bond acceptors (Lipinski definition) is 2. The summed E-state index contributed by atoms with van der Waals surface area (Å²) in [5, 5.41) is 3.21. The van der Waals surface area contributed by atoms with Gasteiger partial charge in [0.2, 0.25) is 0 Å². The number of ether oxygens (including phenoxy) is 1. The van der Waals surface area contributed by atoms with Crippen LogP contribution in [0.1, 0.15) is 16.7 Å². The predicted octanol–water partition coefficient (Wildman–Crippen LogP) is 1.79. The third-order valence-electron chi connectivity index (χ3n) is 2.87. The summed E-state index contributed by atoms with van der Waals surface area (Å²) in [4.78, 5) is 0. The van der Waals surface area contributed by atoms with Crippen molar-refractivity contribution in [3.63, 3.8) is 0 Å². The Kier molecular flexibility index (Phi) is 2.85. The second kappa shape index (κ2) is 4.11. The fourth-order valence-electron chi connectivity index (χ4n) is 1.99. The Balaban J connectivity index is 2.14. The molecule has 1 unspecified atom stereocenters. The molecule has 0 aliphatic carbocycles. The maximum Gasteiger partial charge on any atom is 0.0970 e. The van der Waals surface area contributed by atoms with Gasteiger partial charge in [0, 0.05) is 13.0 Å². The van der Waals surface area contributed by atoms with Crippen LogP contribution in [0.4, 0.5) is 0 Å². The van der Waals surface area contributed by atoms with Crippen LogP contribution in [0.25, 0.3) is 0 Å². The van der Waals surface area contributed by atoms with Gasteiger partial charge in [0.1, 0.15) is 0 Å². The second-order valence-corrected chi connectivity index (χ2v) is 3.96. The van der Waals surface area contributed by atoms with Crippen molar-refractivity contribution in [2.75, 3.05) is 13.3 Å². The van der Waals surface area contributed by atoms with E-state index >= 15 is 0 Å². The van der Waals surface area contributed by atoms with Crippen LogP contribution in [-0.4, -0.2) is 19.4 Å². The normalized spacial score (nSPS) is 21.4. The van der Waals surface area contributed by atoms with Crippen molar-refractivity contribution in [2.24, 2.45) is 0 Å². The third kappa shape index (κ3) is 1.97. The minimum absolute atomic E-state index is 0.356. The van der Waals surface area contributed by atoms with Gasteiger partial charge in [0.25, 0.3) is 0 Å². The van der Waals surface area contributed by atoms with E-state index in [1.807, 2.05) is 0 Å². The van der Waals surface area contributed by atoms with E-state index in [2.05, 4.69) is 37.4 Å². The van der Waals surface area contributed by atoms with Crippen molar-refractivity contribution in [1.82, 2.24) is 5.32 Å². The molecule has 2 heteroatoms. The van der Waals surface area contributed by atoms with Crippen LogP contribution >= 0.6 is 0 Å². The fraction of sp³-hybridized carbons (Fsp3) is 0.500. The highest BCUT2D eigenvalue weighted by atomic mass is 16.5. The molecule has 2 nitrogen and oxygen atoms in total. The van der Waals surface area contributed by atoms with Crippen LogP contribution in [0.2, 0.25) is 0 Å². The molecule has 76 valence electrons. The number of nitrogens with one attached hydrogen (secondary N) is 1. The van der Waals surface area contributed by atoms with Gasteiger partial charge in [-0.3, -0.25) is 5.32 Å². The molecular formula is C12H17NO. The van der Waals surface area contributed by atoms with Gasteiger partial charge < -0.3 is 4.74 Å². The summed E-state index contributed by atoms with van der Waals surface area (Å²) >= 11 is 0. The van der Waals surface area contributed by atoms with Crippen LogP contribution in [0.3, 0.4) is 0 Å². The highest BCUT2D eigenvalue weighted by Gasteiger charge is 2.16. The van der Waals surface area contributed by atoms with Crippen LogP contribution in [-0.2, 0) is 11.2 Å². The van der Waals surface area contributed by atoms with Crippen molar-refractivity contribution >= 4 is 0 Å². The summed E-state index contributed by atoms with van der Waals surface area (Å²) in [6, 6.07) is 6.46. The fourth-order valence-corrected chi connectivity index (χ4v) is 1.99. The minimum Gasteiger partial charge on any atom is -0.361 e. The lowest BCUT2D eigenvalue weighted by atomic mass is 9.98. The van der Waals surface area contributed by atoms with E-state index < -0.39 is 0 Å². The molecule has 0 amide bonds. The first-order valence-electron chi connectivity index (χ1n) is 5.15. The molecule has 1 atom stereocenters. The van der Waals surface area contributed by atoms with E-state index in [1.165, 1.54) is 16.7 Å². The lowest BCUT2D eigenvalue weighted by molar-refractivity contribution is 0.113. The van der Waals surface area contributed by atoms with Gasteiger partial charge in [-0.15, -0.1) is 0 Å². The van der Waals surface area contributed by atoms with Crippen LogP contribution < -0.4 is 5.32 Å². The molecule has 1 aliphatic heterocycles. The molecule has 0 radical (unpaired) electrons. The maximum atomic E-state index is 5.56. The Labute approximate surface area is 85.3 Å². The van der Waals surface area contributed by atoms with Crippen LogP contribution in [0.5, 0.6) is 0 Å². The molecule has 1 fully saturated rings. The molecule has 0 saturated carbocycles. The third-order valence-corrected chi connectivity index (χ3v) is 2.87. The Morgan fingerprint density at radius 1 is 1.36 bits per heavy atom. The highest BCUT2D eigenvalue weighted by Crippen LogP contribution is 2.17. The molecule has 1 aromatic rings. The van der Waals surface area contributed by atoms with E-state index in [-0.39, 0.29) is 0 Å².